The van der Waals surface area contributed by atoms with Gasteiger partial charge in [0, 0.05) is 7.11 Å². The Morgan fingerprint density at radius 2 is 1.62 bits per heavy atom. The van der Waals surface area contributed by atoms with Gasteiger partial charge in [-0.3, -0.25) is 4.72 Å². The molecule has 1 rings (SSSR count). The average Bonchev–Trinajstić information content (AvgIpc) is 2.07. The Bertz CT molecular complexity index is 324. The van der Waals surface area contributed by atoms with Gasteiger partial charge in [-0.1, -0.05) is 32.0 Å². The molecule has 0 aliphatic rings. The van der Waals surface area contributed by atoms with E-state index in [2.05, 4.69) is 4.72 Å². The van der Waals surface area contributed by atoms with Gasteiger partial charge in [-0.25, -0.2) is 8.42 Å². The Morgan fingerprint density at radius 1 is 1.15 bits per heavy atom. The summed E-state index contributed by atoms with van der Waals surface area (Å²) in [4.78, 5) is 0. The molecule has 0 bridgehead atoms. The minimum absolute atomic E-state index is 0. The van der Waals surface area contributed by atoms with Gasteiger partial charge < -0.3 is 0 Å². The van der Waals surface area contributed by atoms with Crippen molar-refractivity contribution in [3.05, 3.63) is 30.3 Å². The van der Waals surface area contributed by atoms with Crippen LogP contribution in [0.25, 0.3) is 0 Å². The minimum atomic E-state index is -3.13. The molecule has 0 aliphatic heterocycles. The number of anilines is 1. The van der Waals surface area contributed by atoms with E-state index >= 15 is 0 Å². The molecule has 0 aromatic heterocycles. The Kier molecular flexibility index (Phi) is 5.14. The molecule has 13 heavy (non-hydrogen) atoms. The van der Waals surface area contributed by atoms with E-state index in [1.54, 1.807) is 24.3 Å². The molecule has 1 aromatic carbocycles. The standard InChI is InChI=1S/C7H9NO2S.C2H6.H2/c1-11(9,10)8-7-5-3-2-4-6-7;1-2;/h2-6,8H,1H3;1-2H3;1H. The summed E-state index contributed by atoms with van der Waals surface area (Å²) in [5, 5.41) is 0. The fraction of sp³-hybridized carbons (Fsp3) is 0.333. The third-order valence-corrected chi connectivity index (χ3v) is 1.68. The molecular formula is C9H17NO2S. The molecule has 0 radical (unpaired) electrons. The van der Waals surface area contributed by atoms with Gasteiger partial charge in [0.2, 0.25) is 10.0 Å². The lowest BCUT2D eigenvalue weighted by molar-refractivity contribution is 0.607. The molecule has 0 spiro atoms. The van der Waals surface area contributed by atoms with Crippen LogP contribution in [0.15, 0.2) is 30.3 Å². The third kappa shape index (κ3) is 6.16. The molecular weight excluding hydrogens is 186 g/mol. The van der Waals surface area contributed by atoms with E-state index in [4.69, 9.17) is 0 Å². The lowest BCUT2D eigenvalue weighted by Crippen LogP contribution is -2.08. The molecule has 0 atom stereocenters. The van der Waals surface area contributed by atoms with E-state index < -0.39 is 10.0 Å². The molecule has 0 heterocycles. The molecule has 1 N–H and O–H groups in total. The number of benzene rings is 1. The van der Waals surface area contributed by atoms with Crippen LogP contribution in [0, 0.1) is 0 Å². The van der Waals surface area contributed by atoms with E-state index in [1.807, 2.05) is 19.9 Å². The first-order valence-corrected chi connectivity index (χ1v) is 6.00. The number of sulfonamides is 1. The van der Waals surface area contributed by atoms with Crippen LogP contribution >= 0.6 is 0 Å². The first kappa shape index (κ1) is 12.0. The number of rotatable bonds is 2. The zero-order chi connectivity index (χ0) is 10.3. The maximum Gasteiger partial charge on any atom is 0.229 e. The number of hydrogen-bond donors (Lipinski definition) is 1. The SMILES string of the molecule is CC.CS(=O)(=O)Nc1ccccc1.[HH]. The van der Waals surface area contributed by atoms with E-state index in [9.17, 15) is 8.42 Å². The van der Waals surface area contributed by atoms with Crippen LogP contribution in [0.5, 0.6) is 0 Å². The molecule has 3 nitrogen and oxygen atoms in total. The molecule has 4 heteroatoms. The first-order valence-electron chi connectivity index (χ1n) is 4.11. The Morgan fingerprint density at radius 3 is 2.00 bits per heavy atom. The lowest BCUT2D eigenvalue weighted by atomic mass is 10.3. The second-order valence-corrected chi connectivity index (χ2v) is 3.99. The maximum atomic E-state index is 10.7. The smallest absolute Gasteiger partial charge is 0.229 e. The summed E-state index contributed by atoms with van der Waals surface area (Å²) in [5.41, 5.74) is 0.593. The maximum absolute atomic E-state index is 10.7. The molecule has 0 fully saturated rings. The van der Waals surface area contributed by atoms with Crippen molar-refractivity contribution in [1.29, 1.82) is 0 Å². The Labute approximate surface area is 81.3 Å². The monoisotopic (exact) mass is 203 g/mol. The van der Waals surface area contributed by atoms with Gasteiger partial charge in [-0.05, 0) is 12.1 Å². The van der Waals surface area contributed by atoms with Crippen molar-refractivity contribution < 1.29 is 9.84 Å². The average molecular weight is 203 g/mol. The summed E-state index contributed by atoms with van der Waals surface area (Å²) < 4.78 is 23.7. The van der Waals surface area contributed by atoms with Crippen LogP contribution in [0.2, 0.25) is 0 Å². The van der Waals surface area contributed by atoms with Gasteiger partial charge in [0.25, 0.3) is 0 Å². The summed E-state index contributed by atoms with van der Waals surface area (Å²) in [7, 11) is -3.13. The fourth-order valence-electron chi connectivity index (χ4n) is 0.720. The van der Waals surface area contributed by atoms with E-state index in [0.717, 1.165) is 6.26 Å². The number of nitrogens with one attached hydrogen (secondary N) is 1. The number of hydrogen-bond acceptors (Lipinski definition) is 2. The summed E-state index contributed by atoms with van der Waals surface area (Å²) in [6, 6.07) is 8.76. The molecule has 1 aromatic rings. The largest absolute Gasteiger partial charge is 0.284 e. The van der Waals surface area contributed by atoms with E-state index in [0.29, 0.717) is 5.69 Å². The minimum Gasteiger partial charge on any atom is -0.284 e. The van der Waals surface area contributed by atoms with Crippen LogP contribution in [0.4, 0.5) is 5.69 Å². The molecule has 76 valence electrons. The summed E-state index contributed by atoms with van der Waals surface area (Å²) in [5.74, 6) is 0. The molecule has 0 unspecified atom stereocenters. The van der Waals surface area contributed by atoms with Crippen molar-refractivity contribution in [2.24, 2.45) is 0 Å². The highest BCUT2D eigenvalue weighted by molar-refractivity contribution is 7.92. The van der Waals surface area contributed by atoms with Gasteiger partial charge in [0.05, 0.1) is 6.26 Å². The van der Waals surface area contributed by atoms with E-state index in [-0.39, 0.29) is 1.43 Å². The van der Waals surface area contributed by atoms with Crippen LogP contribution in [0.3, 0.4) is 0 Å². The lowest BCUT2D eigenvalue weighted by Gasteiger charge is -2.00. The fourth-order valence-corrected chi connectivity index (χ4v) is 1.28. The Hall–Kier alpha value is -1.03. The number of para-hydroxylation sites is 1. The first-order chi connectivity index (χ1) is 6.08. The van der Waals surface area contributed by atoms with Crippen molar-refractivity contribution >= 4 is 15.7 Å². The van der Waals surface area contributed by atoms with Gasteiger partial charge >= 0.3 is 0 Å². The second-order valence-electron chi connectivity index (χ2n) is 2.24. The topological polar surface area (TPSA) is 46.2 Å². The molecule has 0 amide bonds. The van der Waals surface area contributed by atoms with Crippen LogP contribution in [-0.2, 0) is 10.0 Å². The van der Waals surface area contributed by atoms with Crippen molar-refractivity contribution in [3.8, 4) is 0 Å². The van der Waals surface area contributed by atoms with Crippen molar-refractivity contribution in [2.45, 2.75) is 13.8 Å². The molecule has 0 saturated carbocycles. The molecule has 0 aliphatic carbocycles. The van der Waals surface area contributed by atoms with Crippen molar-refractivity contribution in [2.75, 3.05) is 11.0 Å². The zero-order valence-electron chi connectivity index (χ0n) is 8.11. The normalized spacial score (nSPS) is 9.77. The summed E-state index contributed by atoms with van der Waals surface area (Å²) in [6.07, 6.45) is 1.12. The highest BCUT2D eigenvalue weighted by Crippen LogP contribution is 2.05. The Balaban J connectivity index is 0. The van der Waals surface area contributed by atoms with E-state index in [1.165, 1.54) is 0 Å². The summed E-state index contributed by atoms with van der Waals surface area (Å²) >= 11 is 0. The van der Waals surface area contributed by atoms with Crippen molar-refractivity contribution in [3.63, 3.8) is 0 Å². The van der Waals surface area contributed by atoms with Gasteiger partial charge in [0.1, 0.15) is 0 Å². The van der Waals surface area contributed by atoms with Crippen LogP contribution in [-0.4, -0.2) is 14.7 Å². The third-order valence-electron chi connectivity index (χ3n) is 1.08. The van der Waals surface area contributed by atoms with Gasteiger partial charge in [0.15, 0.2) is 0 Å². The zero-order valence-corrected chi connectivity index (χ0v) is 8.93. The van der Waals surface area contributed by atoms with Gasteiger partial charge in [-0.15, -0.1) is 0 Å². The summed E-state index contributed by atoms with van der Waals surface area (Å²) in [6.45, 7) is 4.00. The highest BCUT2D eigenvalue weighted by Gasteiger charge is 1.98. The van der Waals surface area contributed by atoms with Crippen LogP contribution < -0.4 is 4.72 Å². The predicted octanol–water partition coefficient (Wildman–Crippen LogP) is 2.33. The quantitative estimate of drug-likeness (QED) is 0.801. The van der Waals surface area contributed by atoms with Crippen molar-refractivity contribution in [1.82, 2.24) is 0 Å². The highest BCUT2D eigenvalue weighted by atomic mass is 32.2. The van der Waals surface area contributed by atoms with Crippen LogP contribution in [0.1, 0.15) is 15.3 Å². The molecule has 0 saturated heterocycles. The predicted molar refractivity (Wildman–Crippen MR) is 58.4 cm³/mol. The second kappa shape index (κ2) is 5.59. The van der Waals surface area contributed by atoms with Gasteiger partial charge in [-0.2, -0.15) is 0 Å².